The monoisotopic (exact) mass is 317 g/mol. The molecule has 2 aliphatic heterocycles. The zero-order valence-electron chi connectivity index (χ0n) is 13.2. The molecule has 23 heavy (non-hydrogen) atoms. The molecule has 0 radical (unpaired) electrons. The third kappa shape index (κ3) is 4.30. The fraction of sp³-hybridized carbons (Fsp3) is 0.529. The van der Waals surface area contributed by atoms with E-state index in [9.17, 15) is 9.59 Å². The van der Waals surface area contributed by atoms with Crippen molar-refractivity contribution in [3.8, 4) is 0 Å². The first kappa shape index (κ1) is 16.0. The normalized spacial score (nSPS) is 21.5. The van der Waals surface area contributed by atoms with Crippen LogP contribution in [0.1, 0.15) is 24.8 Å². The molecule has 124 valence electrons. The molecule has 1 aromatic carbocycles. The third-order valence-electron chi connectivity index (χ3n) is 4.24. The molecule has 1 aromatic rings. The standard InChI is InChI=1S/C17H23N3O3/c21-16(10-14-12-23-9-7-18-14)19-11-13-3-5-15(6-4-13)20-8-1-2-17(20)22/h3-6,14,18H,1-2,7-12H2,(H,19,21). The van der Waals surface area contributed by atoms with Gasteiger partial charge in [-0.2, -0.15) is 0 Å². The molecule has 0 spiro atoms. The molecule has 2 heterocycles. The van der Waals surface area contributed by atoms with E-state index >= 15 is 0 Å². The van der Waals surface area contributed by atoms with Gasteiger partial charge in [0.05, 0.1) is 13.2 Å². The Kier molecular flexibility index (Phi) is 5.25. The average Bonchev–Trinajstić information content (AvgIpc) is 3.00. The lowest BCUT2D eigenvalue weighted by atomic mass is 10.1. The van der Waals surface area contributed by atoms with Crippen LogP contribution in [0, 0.1) is 0 Å². The first-order valence-electron chi connectivity index (χ1n) is 8.19. The van der Waals surface area contributed by atoms with Crippen molar-refractivity contribution >= 4 is 17.5 Å². The lowest BCUT2D eigenvalue weighted by Gasteiger charge is -2.23. The number of hydrogen-bond acceptors (Lipinski definition) is 4. The fourth-order valence-corrected chi connectivity index (χ4v) is 2.96. The highest BCUT2D eigenvalue weighted by Crippen LogP contribution is 2.21. The quantitative estimate of drug-likeness (QED) is 0.843. The summed E-state index contributed by atoms with van der Waals surface area (Å²) in [6.45, 7) is 3.40. The van der Waals surface area contributed by atoms with E-state index in [1.165, 1.54) is 0 Å². The highest BCUT2D eigenvalue weighted by Gasteiger charge is 2.21. The van der Waals surface area contributed by atoms with Gasteiger partial charge in [0.25, 0.3) is 0 Å². The molecular formula is C17H23N3O3. The van der Waals surface area contributed by atoms with Crippen LogP contribution in [0.3, 0.4) is 0 Å². The van der Waals surface area contributed by atoms with Crippen LogP contribution < -0.4 is 15.5 Å². The van der Waals surface area contributed by atoms with Crippen LogP contribution >= 0.6 is 0 Å². The Labute approximate surface area is 136 Å². The number of morpholine rings is 1. The van der Waals surface area contributed by atoms with Gasteiger partial charge in [0.2, 0.25) is 11.8 Å². The van der Waals surface area contributed by atoms with Crippen molar-refractivity contribution < 1.29 is 14.3 Å². The lowest BCUT2D eigenvalue weighted by molar-refractivity contribution is -0.122. The molecule has 2 fully saturated rings. The zero-order valence-corrected chi connectivity index (χ0v) is 13.2. The van der Waals surface area contributed by atoms with Gasteiger partial charge in [0.15, 0.2) is 0 Å². The molecule has 2 aliphatic rings. The molecule has 0 aromatic heterocycles. The summed E-state index contributed by atoms with van der Waals surface area (Å²) in [5, 5.41) is 6.20. The van der Waals surface area contributed by atoms with Crippen LogP contribution in [-0.4, -0.2) is 44.2 Å². The first-order valence-corrected chi connectivity index (χ1v) is 8.19. The minimum absolute atomic E-state index is 0.0202. The summed E-state index contributed by atoms with van der Waals surface area (Å²) in [4.78, 5) is 25.5. The number of amides is 2. The predicted octanol–water partition coefficient (Wildman–Crippen LogP) is 0.808. The van der Waals surface area contributed by atoms with Crippen molar-refractivity contribution in [2.45, 2.75) is 31.8 Å². The molecule has 2 amide bonds. The number of hydrogen-bond donors (Lipinski definition) is 2. The molecule has 1 atom stereocenters. The topological polar surface area (TPSA) is 70.7 Å². The second-order valence-corrected chi connectivity index (χ2v) is 6.02. The molecule has 1 unspecified atom stereocenters. The summed E-state index contributed by atoms with van der Waals surface area (Å²) in [7, 11) is 0. The lowest BCUT2D eigenvalue weighted by Crippen LogP contribution is -2.44. The van der Waals surface area contributed by atoms with Gasteiger partial charge in [-0.3, -0.25) is 9.59 Å². The number of benzene rings is 1. The molecule has 2 saturated heterocycles. The van der Waals surface area contributed by atoms with Gasteiger partial charge in [0, 0.05) is 44.2 Å². The molecule has 6 heteroatoms. The molecule has 3 rings (SSSR count). The Balaban J connectivity index is 1.46. The van der Waals surface area contributed by atoms with Gasteiger partial charge in [-0.15, -0.1) is 0 Å². The molecule has 0 bridgehead atoms. The molecule has 0 saturated carbocycles. The summed E-state index contributed by atoms with van der Waals surface area (Å²) < 4.78 is 5.34. The SMILES string of the molecule is O=C(CC1COCCN1)NCc1ccc(N2CCCC2=O)cc1. The summed E-state index contributed by atoms with van der Waals surface area (Å²) in [5.74, 6) is 0.208. The maximum absolute atomic E-state index is 11.9. The van der Waals surface area contributed by atoms with Gasteiger partial charge in [-0.05, 0) is 24.1 Å². The van der Waals surface area contributed by atoms with E-state index in [0.29, 0.717) is 32.6 Å². The minimum Gasteiger partial charge on any atom is -0.378 e. The zero-order chi connectivity index (χ0) is 16.1. The number of rotatable bonds is 5. The van der Waals surface area contributed by atoms with E-state index in [-0.39, 0.29) is 17.9 Å². The van der Waals surface area contributed by atoms with E-state index in [4.69, 9.17) is 4.74 Å². The summed E-state index contributed by atoms with van der Waals surface area (Å²) in [5.41, 5.74) is 1.97. The fourth-order valence-electron chi connectivity index (χ4n) is 2.96. The number of nitrogens with zero attached hydrogens (tertiary/aromatic N) is 1. The van der Waals surface area contributed by atoms with Gasteiger partial charge in [0.1, 0.15) is 0 Å². The molecule has 2 N–H and O–H groups in total. The Bertz CT molecular complexity index is 553. The first-order chi connectivity index (χ1) is 11.2. The van der Waals surface area contributed by atoms with Gasteiger partial charge in [-0.25, -0.2) is 0 Å². The minimum atomic E-state index is 0.0202. The predicted molar refractivity (Wildman–Crippen MR) is 87.1 cm³/mol. The highest BCUT2D eigenvalue weighted by molar-refractivity contribution is 5.95. The second-order valence-electron chi connectivity index (χ2n) is 6.02. The summed E-state index contributed by atoms with van der Waals surface area (Å²) in [6, 6.07) is 7.92. The second kappa shape index (κ2) is 7.57. The van der Waals surface area contributed by atoms with E-state index in [1.807, 2.05) is 29.2 Å². The van der Waals surface area contributed by atoms with E-state index in [1.54, 1.807) is 0 Å². The summed E-state index contributed by atoms with van der Waals surface area (Å²) in [6.07, 6.45) is 1.99. The van der Waals surface area contributed by atoms with Crippen LogP contribution in [0.15, 0.2) is 24.3 Å². The van der Waals surface area contributed by atoms with Crippen LogP contribution in [0.2, 0.25) is 0 Å². The maximum atomic E-state index is 11.9. The maximum Gasteiger partial charge on any atom is 0.227 e. The summed E-state index contributed by atoms with van der Waals surface area (Å²) >= 11 is 0. The molecule has 0 aliphatic carbocycles. The third-order valence-corrected chi connectivity index (χ3v) is 4.24. The Hall–Kier alpha value is -1.92. The Morgan fingerprint density at radius 1 is 1.35 bits per heavy atom. The van der Waals surface area contributed by atoms with Crippen molar-refractivity contribution in [3.05, 3.63) is 29.8 Å². The van der Waals surface area contributed by atoms with E-state index in [0.717, 1.165) is 30.8 Å². The Morgan fingerprint density at radius 3 is 2.83 bits per heavy atom. The van der Waals surface area contributed by atoms with Gasteiger partial charge < -0.3 is 20.3 Å². The van der Waals surface area contributed by atoms with Crippen molar-refractivity contribution in [1.29, 1.82) is 0 Å². The largest absolute Gasteiger partial charge is 0.378 e. The van der Waals surface area contributed by atoms with Crippen molar-refractivity contribution in [1.82, 2.24) is 10.6 Å². The number of ether oxygens (including phenoxy) is 1. The van der Waals surface area contributed by atoms with Crippen LogP contribution in [-0.2, 0) is 20.9 Å². The number of carbonyl (C=O) groups is 2. The van der Waals surface area contributed by atoms with Crippen LogP contribution in [0.5, 0.6) is 0 Å². The number of carbonyl (C=O) groups excluding carboxylic acids is 2. The Morgan fingerprint density at radius 2 is 2.17 bits per heavy atom. The van der Waals surface area contributed by atoms with Gasteiger partial charge in [-0.1, -0.05) is 12.1 Å². The highest BCUT2D eigenvalue weighted by atomic mass is 16.5. The van der Waals surface area contributed by atoms with Crippen molar-refractivity contribution in [3.63, 3.8) is 0 Å². The molecule has 6 nitrogen and oxygen atoms in total. The van der Waals surface area contributed by atoms with E-state index in [2.05, 4.69) is 10.6 Å². The number of nitrogens with one attached hydrogen (secondary N) is 2. The number of anilines is 1. The van der Waals surface area contributed by atoms with Crippen molar-refractivity contribution in [2.75, 3.05) is 31.2 Å². The van der Waals surface area contributed by atoms with Gasteiger partial charge >= 0.3 is 0 Å². The molecular weight excluding hydrogens is 294 g/mol. The smallest absolute Gasteiger partial charge is 0.227 e. The van der Waals surface area contributed by atoms with E-state index < -0.39 is 0 Å². The van der Waals surface area contributed by atoms with Crippen molar-refractivity contribution in [2.24, 2.45) is 0 Å². The average molecular weight is 317 g/mol. The van der Waals surface area contributed by atoms with Crippen LogP contribution in [0.4, 0.5) is 5.69 Å². The van der Waals surface area contributed by atoms with Crippen LogP contribution in [0.25, 0.3) is 0 Å².